The summed E-state index contributed by atoms with van der Waals surface area (Å²) in [5.41, 5.74) is 2.79. The standard InChI is InChI=1S/C26H26FN3O3S/c1-17-15-20(18(2)29(17)13-8-14-33-3)24(31)16-34-26-28-22-11-6-4-9-19(22)25(32)30(26)23-12-7-5-10-21(23)27/h4-7,9-12,15H,8,13-14,16H2,1-3H3. The van der Waals surface area contributed by atoms with Crippen LogP contribution in [0, 0.1) is 19.7 Å². The number of hydrogen-bond donors (Lipinski definition) is 0. The number of halogens is 1. The first-order valence-corrected chi connectivity index (χ1v) is 12.0. The second-order valence-corrected chi connectivity index (χ2v) is 8.94. The van der Waals surface area contributed by atoms with Crippen molar-refractivity contribution in [3.63, 3.8) is 0 Å². The lowest BCUT2D eigenvalue weighted by Gasteiger charge is -2.13. The van der Waals surface area contributed by atoms with Crippen LogP contribution in [0.25, 0.3) is 16.6 Å². The molecule has 0 aliphatic heterocycles. The van der Waals surface area contributed by atoms with Gasteiger partial charge in [-0.2, -0.15) is 0 Å². The van der Waals surface area contributed by atoms with Crippen LogP contribution in [0.5, 0.6) is 0 Å². The van der Waals surface area contributed by atoms with Crippen molar-refractivity contribution in [3.05, 3.63) is 87.7 Å². The van der Waals surface area contributed by atoms with E-state index in [1.54, 1.807) is 43.5 Å². The van der Waals surface area contributed by atoms with E-state index in [1.807, 2.05) is 19.9 Å². The van der Waals surface area contributed by atoms with E-state index in [2.05, 4.69) is 9.55 Å². The number of aryl methyl sites for hydroxylation is 1. The average Bonchev–Trinajstić information content (AvgIpc) is 3.12. The molecule has 2 heterocycles. The van der Waals surface area contributed by atoms with E-state index in [4.69, 9.17) is 4.74 Å². The number of ether oxygens (including phenoxy) is 1. The highest BCUT2D eigenvalue weighted by atomic mass is 32.2. The first-order valence-electron chi connectivity index (χ1n) is 11.0. The van der Waals surface area contributed by atoms with Gasteiger partial charge in [0.25, 0.3) is 5.56 Å². The molecule has 2 aromatic carbocycles. The Morgan fingerprint density at radius 3 is 2.62 bits per heavy atom. The summed E-state index contributed by atoms with van der Waals surface area (Å²) in [6.45, 7) is 5.33. The fourth-order valence-electron chi connectivity index (χ4n) is 4.06. The van der Waals surface area contributed by atoms with E-state index in [0.717, 1.165) is 36.1 Å². The predicted octanol–water partition coefficient (Wildman–Crippen LogP) is 4.95. The molecule has 0 spiro atoms. The van der Waals surface area contributed by atoms with Crippen molar-refractivity contribution >= 4 is 28.4 Å². The van der Waals surface area contributed by atoms with E-state index < -0.39 is 5.82 Å². The molecule has 4 rings (SSSR count). The van der Waals surface area contributed by atoms with Crippen molar-refractivity contribution in [3.8, 4) is 5.69 Å². The smallest absolute Gasteiger partial charge is 0.266 e. The second kappa shape index (κ2) is 10.4. The summed E-state index contributed by atoms with van der Waals surface area (Å²) in [5, 5.41) is 0.664. The Hall–Kier alpha value is -3.23. The summed E-state index contributed by atoms with van der Waals surface area (Å²) in [5.74, 6) is -0.533. The Morgan fingerprint density at radius 1 is 1.12 bits per heavy atom. The summed E-state index contributed by atoms with van der Waals surface area (Å²) >= 11 is 1.13. The molecule has 0 saturated carbocycles. The molecule has 0 bridgehead atoms. The van der Waals surface area contributed by atoms with E-state index in [1.165, 1.54) is 16.7 Å². The van der Waals surface area contributed by atoms with E-state index in [0.29, 0.717) is 23.1 Å². The third-order valence-corrected chi connectivity index (χ3v) is 6.71. The minimum Gasteiger partial charge on any atom is -0.385 e. The maximum Gasteiger partial charge on any atom is 0.266 e. The molecule has 176 valence electrons. The molecule has 4 aromatic rings. The van der Waals surface area contributed by atoms with Gasteiger partial charge in [0.05, 0.1) is 22.3 Å². The molecule has 0 aliphatic carbocycles. The van der Waals surface area contributed by atoms with Crippen molar-refractivity contribution < 1.29 is 13.9 Å². The topological polar surface area (TPSA) is 66.1 Å². The number of benzene rings is 2. The molecule has 2 aromatic heterocycles. The number of fused-ring (bicyclic) bond motifs is 1. The summed E-state index contributed by atoms with van der Waals surface area (Å²) < 4.78 is 23.2. The fourth-order valence-corrected chi connectivity index (χ4v) is 4.95. The summed E-state index contributed by atoms with van der Waals surface area (Å²) in [7, 11) is 1.67. The van der Waals surface area contributed by atoms with Gasteiger partial charge in [-0.05, 0) is 50.6 Å². The minimum atomic E-state index is -0.533. The molecule has 0 N–H and O–H groups in total. The van der Waals surface area contributed by atoms with Gasteiger partial charge >= 0.3 is 0 Å². The number of rotatable bonds is 9. The SMILES string of the molecule is COCCCn1c(C)cc(C(=O)CSc2nc3ccccc3c(=O)n2-c2ccccc2F)c1C. The van der Waals surface area contributed by atoms with Crippen molar-refractivity contribution in [2.45, 2.75) is 32.0 Å². The summed E-state index contributed by atoms with van der Waals surface area (Å²) in [6.07, 6.45) is 0.852. The first kappa shape index (κ1) is 23.9. The van der Waals surface area contributed by atoms with Crippen molar-refractivity contribution in [1.29, 1.82) is 0 Å². The van der Waals surface area contributed by atoms with E-state index >= 15 is 0 Å². The van der Waals surface area contributed by atoms with Gasteiger partial charge in [0.2, 0.25) is 0 Å². The Balaban J connectivity index is 1.67. The summed E-state index contributed by atoms with van der Waals surface area (Å²) in [4.78, 5) is 31.0. The summed E-state index contributed by atoms with van der Waals surface area (Å²) in [6, 6.07) is 14.9. The lowest BCUT2D eigenvalue weighted by Crippen LogP contribution is -2.23. The molecule has 0 saturated heterocycles. The maximum atomic E-state index is 14.7. The van der Waals surface area contributed by atoms with Crippen LogP contribution >= 0.6 is 11.8 Å². The van der Waals surface area contributed by atoms with Gasteiger partial charge in [-0.3, -0.25) is 14.2 Å². The number of aromatic nitrogens is 3. The van der Waals surface area contributed by atoms with Crippen molar-refractivity contribution in [1.82, 2.24) is 14.1 Å². The molecular weight excluding hydrogens is 453 g/mol. The van der Waals surface area contributed by atoms with Crippen molar-refractivity contribution in [2.75, 3.05) is 19.5 Å². The molecule has 0 fully saturated rings. The van der Waals surface area contributed by atoms with Crippen LogP contribution in [0.4, 0.5) is 4.39 Å². The number of methoxy groups -OCH3 is 1. The van der Waals surface area contributed by atoms with Crippen molar-refractivity contribution in [2.24, 2.45) is 0 Å². The van der Waals surface area contributed by atoms with Gasteiger partial charge in [0.1, 0.15) is 5.82 Å². The Bertz CT molecular complexity index is 1410. The number of nitrogens with zero attached hydrogens (tertiary/aromatic N) is 3. The van der Waals surface area contributed by atoms with Gasteiger partial charge < -0.3 is 9.30 Å². The molecule has 0 unspecified atom stereocenters. The average molecular weight is 480 g/mol. The highest BCUT2D eigenvalue weighted by Crippen LogP contribution is 2.25. The lowest BCUT2D eigenvalue weighted by atomic mass is 10.2. The highest BCUT2D eigenvalue weighted by molar-refractivity contribution is 7.99. The maximum absolute atomic E-state index is 14.7. The number of carbonyl (C=O) groups is 1. The zero-order chi connectivity index (χ0) is 24.2. The Labute approximate surface area is 201 Å². The molecule has 0 atom stereocenters. The Morgan fingerprint density at radius 2 is 1.85 bits per heavy atom. The minimum absolute atomic E-state index is 0.0708. The number of Topliss-reactive ketones (excluding diaryl/α,β-unsaturated/α-hetero) is 1. The van der Waals surface area contributed by atoms with E-state index in [9.17, 15) is 14.0 Å². The molecule has 6 nitrogen and oxygen atoms in total. The molecule has 0 radical (unpaired) electrons. The van der Waals surface area contributed by atoms with Crippen LogP contribution in [-0.4, -0.2) is 39.4 Å². The molecule has 0 amide bonds. The van der Waals surface area contributed by atoms with Gasteiger partial charge in [0, 0.05) is 37.2 Å². The molecule has 34 heavy (non-hydrogen) atoms. The molecule has 8 heteroatoms. The van der Waals surface area contributed by atoms with Gasteiger partial charge in [-0.25, -0.2) is 9.37 Å². The normalized spacial score (nSPS) is 11.3. The van der Waals surface area contributed by atoms with Crippen LogP contribution < -0.4 is 5.56 Å². The van der Waals surface area contributed by atoms with Crippen LogP contribution in [0.1, 0.15) is 28.2 Å². The third-order valence-electron chi connectivity index (χ3n) is 5.77. The van der Waals surface area contributed by atoms with Gasteiger partial charge in [-0.1, -0.05) is 36.0 Å². The van der Waals surface area contributed by atoms with Crippen LogP contribution in [0.15, 0.2) is 64.5 Å². The Kier molecular flexibility index (Phi) is 7.29. The van der Waals surface area contributed by atoms with Gasteiger partial charge in [0.15, 0.2) is 10.9 Å². The number of carbonyl (C=O) groups excluding carboxylic acids is 1. The lowest BCUT2D eigenvalue weighted by molar-refractivity contribution is 0.102. The van der Waals surface area contributed by atoms with Gasteiger partial charge in [-0.15, -0.1) is 0 Å². The fraction of sp³-hybridized carbons (Fsp3) is 0.269. The first-order chi connectivity index (χ1) is 16.4. The molecule has 0 aliphatic rings. The number of hydrogen-bond acceptors (Lipinski definition) is 5. The molecular formula is C26H26FN3O3S. The van der Waals surface area contributed by atoms with E-state index in [-0.39, 0.29) is 27.9 Å². The zero-order valence-corrected chi connectivity index (χ0v) is 20.2. The van der Waals surface area contributed by atoms with Crippen LogP contribution in [0.2, 0.25) is 0 Å². The monoisotopic (exact) mass is 479 g/mol. The highest BCUT2D eigenvalue weighted by Gasteiger charge is 2.20. The number of ketones is 1. The largest absolute Gasteiger partial charge is 0.385 e. The second-order valence-electron chi connectivity index (χ2n) is 8.00. The van der Waals surface area contributed by atoms with Crippen LogP contribution in [-0.2, 0) is 11.3 Å². The number of thioether (sulfide) groups is 1. The third kappa shape index (κ3) is 4.69. The van der Waals surface area contributed by atoms with Crippen LogP contribution in [0.3, 0.4) is 0 Å². The quantitative estimate of drug-likeness (QED) is 0.147. The zero-order valence-electron chi connectivity index (χ0n) is 19.4. The number of para-hydroxylation sites is 2. The predicted molar refractivity (Wildman–Crippen MR) is 133 cm³/mol.